The average Bonchev–Trinajstić information content (AvgIpc) is 2.07. The molecule has 1 rings (SSSR count). The smallest absolute Gasteiger partial charge is 0.323 e. The normalized spacial score (nSPS) is 11.6. The van der Waals surface area contributed by atoms with Crippen LogP contribution >= 0.6 is 23.2 Å². The molecule has 0 heterocycles. The van der Waals surface area contributed by atoms with E-state index in [0.29, 0.717) is 0 Å². The molecule has 0 aliphatic heterocycles. The molecule has 78 valence electrons. The third-order valence-electron chi connectivity index (χ3n) is 1.51. The molecule has 0 saturated carbocycles. The Labute approximate surface area is 87.8 Å². The highest BCUT2D eigenvalue weighted by molar-refractivity contribution is 6.43. The van der Waals surface area contributed by atoms with E-state index >= 15 is 0 Å². The molecular formula is C7H5Cl2F3N2. The summed E-state index contributed by atoms with van der Waals surface area (Å²) in [7, 11) is 0. The molecule has 0 aliphatic carbocycles. The molecule has 14 heavy (non-hydrogen) atoms. The third-order valence-corrected chi connectivity index (χ3v) is 2.31. The minimum Gasteiger partial charge on any atom is -0.323 e. The Morgan fingerprint density at radius 2 is 1.79 bits per heavy atom. The SMILES string of the molecule is NNc1cc(C(F)(F)F)cc(Cl)c1Cl. The second-order valence-corrected chi connectivity index (χ2v) is 3.25. The molecule has 0 aliphatic rings. The van der Waals surface area contributed by atoms with E-state index in [-0.39, 0.29) is 15.7 Å². The highest BCUT2D eigenvalue weighted by Gasteiger charge is 2.31. The van der Waals surface area contributed by atoms with Gasteiger partial charge in [-0.3, -0.25) is 5.84 Å². The average molecular weight is 245 g/mol. The minimum atomic E-state index is -4.47. The molecule has 0 aromatic heterocycles. The van der Waals surface area contributed by atoms with E-state index in [2.05, 4.69) is 0 Å². The summed E-state index contributed by atoms with van der Waals surface area (Å²) in [5, 5.41) is -0.239. The van der Waals surface area contributed by atoms with Crippen LogP contribution in [0.2, 0.25) is 10.0 Å². The van der Waals surface area contributed by atoms with Gasteiger partial charge >= 0.3 is 6.18 Å². The maximum Gasteiger partial charge on any atom is 0.416 e. The van der Waals surface area contributed by atoms with Crippen molar-refractivity contribution in [3.8, 4) is 0 Å². The summed E-state index contributed by atoms with van der Waals surface area (Å²) in [4.78, 5) is 0. The standard InChI is InChI=1S/C7H5Cl2F3N2/c8-4-1-3(7(10,11)12)2-5(14-13)6(4)9/h1-2,14H,13H2. The van der Waals surface area contributed by atoms with E-state index in [1.165, 1.54) is 0 Å². The number of halogens is 5. The zero-order valence-corrected chi connectivity index (χ0v) is 8.13. The van der Waals surface area contributed by atoms with Crippen LogP contribution in [0.5, 0.6) is 0 Å². The monoisotopic (exact) mass is 244 g/mol. The number of nitrogen functional groups attached to an aromatic ring is 1. The summed E-state index contributed by atoms with van der Waals surface area (Å²) in [5.74, 6) is 4.97. The molecule has 0 atom stereocenters. The molecule has 1 aromatic carbocycles. The van der Waals surface area contributed by atoms with E-state index in [4.69, 9.17) is 29.0 Å². The lowest BCUT2D eigenvalue weighted by molar-refractivity contribution is -0.137. The summed E-state index contributed by atoms with van der Waals surface area (Å²) in [6, 6.07) is 1.53. The number of hydrogen-bond donors (Lipinski definition) is 2. The Hall–Kier alpha value is -0.650. The molecule has 0 spiro atoms. The maximum atomic E-state index is 12.2. The predicted octanol–water partition coefficient (Wildman–Crippen LogP) is 3.30. The molecule has 3 N–H and O–H groups in total. The van der Waals surface area contributed by atoms with Crippen molar-refractivity contribution >= 4 is 28.9 Å². The fraction of sp³-hybridized carbons (Fsp3) is 0.143. The van der Waals surface area contributed by atoms with Crippen LogP contribution in [0.3, 0.4) is 0 Å². The number of alkyl halides is 3. The number of benzene rings is 1. The highest BCUT2D eigenvalue weighted by Crippen LogP contribution is 2.37. The van der Waals surface area contributed by atoms with Gasteiger partial charge in [0, 0.05) is 0 Å². The third kappa shape index (κ3) is 2.23. The molecule has 0 bridgehead atoms. The van der Waals surface area contributed by atoms with Crippen molar-refractivity contribution in [2.45, 2.75) is 6.18 Å². The van der Waals surface area contributed by atoms with E-state index < -0.39 is 11.7 Å². The largest absolute Gasteiger partial charge is 0.416 e. The number of anilines is 1. The van der Waals surface area contributed by atoms with Crippen molar-refractivity contribution < 1.29 is 13.2 Å². The quantitative estimate of drug-likeness (QED) is 0.588. The lowest BCUT2D eigenvalue weighted by Gasteiger charge is -2.11. The van der Waals surface area contributed by atoms with Gasteiger partial charge in [-0.2, -0.15) is 13.2 Å². The van der Waals surface area contributed by atoms with Gasteiger partial charge in [0.1, 0.15) is 0 Å². The van der Waals surface area contributed by atoms with Crippen LogP contribution in [0.1, 0.15) is 5.56 Å². The number of rotatable bonds is 1. The topological polar surface area (TPSA) is 38.0 Å². The van der Waals surface area contributed by atoms with Gasteiger partial charge in [-0.05, 0) is 12.1 Å². The van der Waals surface area contributed by atoms with E-state index in [1.807, 2.05) is 5.43 Å². The molecule has 0 radical (unpaired) electrons. The molecule has 0 amide bonds. The zero-order valence-electron chi connectivity index (χ0n) is 6.62. The van der Waals surface area contributed by atoms with Crippen LogP contribution < -0.4 is 11.3 Å². The first-order valence-corrected chi connectivity index (χ1v) is 4.14. The van der Waals surface area contributed by atoms with Gasteiger partial charge in [0.2, 0.25) is 0 Å². The molecule has 0 fully saturated rings. The van der Waals surface area contributed by atoms with Gasteiger partial charge in [-0.15, -0.1) is 0 Å². The van der Waals surface area contributed by atoms with Gasteiger partial charge < -0.3 is 5.43 Å². The van der Waals surface area contributed by atoms with Crippen LogP contribution in [0.15, 0.2) is 12.1 Å². The lowest BCUT2D eigenvalue weighted by atomic mass is 10.2. The first kappa shape index (κ1) is 11.4. The van der Waals surface area contributed by atoms with E-state index in [1.54, 1.807) is 0 Å². The van der Waals surface area contributed by atoms with Gasteiger partial charge in [0.15, 0.2) is 0 Å². The highest BCUT2D eigenvalue weighted by atomic mass is 35.5. The fourth-order valence-corrected chi connectivity index (χ4v) is 1.24. The van der Waals surface area contributed by atoms with Crippen LogP contribution in [0, 0.1) is 0 Å². The van der Waals surface area contributed by atoms with Crippen molar-refractivity contribution in [3.63, 3.8) is 0 Å². The van der Waals surface area contributed by atoms with Crippen LogP contribution in [-0.4, -0.2) is 0 Å². The van der Waals surface area contributed by atoms with E-state index in [9.17, 15) is 13.2 Å². The lowest BCUT2D eigenvalue weighted by Crippen LogP contribution is -2.11. The van der Waals surface area contributed by atoms with E-state index in [0.717, 1.165) is 12.1 Å². The van der Waals surface area contributed by atoms with Gasteiger partial charge in [-0.25, -0.2) is 0 Å². The Balaban J connectivity index is 3.30. The maximum absolute atomic E-state index is 12.2. The van der Waals surface area contributed by atoms with Crippen molar-refractivity contribution in [2.24, 2.45) is 5.84 Å². The predicted molar refractivity (Wildman–Crippen MR) is 49.3 cm³/mol. The molecule has 2 nitrogen and oxygen atoms in total. The summed E-state index contributed by atoms with van der Waals surface area (Å²) in [6.07, 6.45) is -4.47. The van der Waals surface area contributed by atoms with Crippen molar-refractivity contribution in [2.75, 3.05) is 5.43 Å². The minimum absolute atomic E-state index is 0.0397. The number of nitrogens with two attached hydrogens (primary N) is 1. The first-order valence-electron chi connectivity index (χ1n) is 3.39. The Kier molecular flexibility index (Phi) is 3.14. The Morgan fingerprint density at radius 3 is 2.21 bits per heavy atom. The second-order valence-electron chi connectivity index (χ2n) is 2.46. The van der Waals surface area contributed by atoms with Crippen LogP contribution in [0.4, 0.5) is 18.9 Å². The Morgan fingerprint density at radius 1 is 1.21 bits per heavy atom. The molecule has 1 aromatic rings. The van der Waals surface area contributed by atoms with Crippen LogP contribution in [-0.2, 0) is 6.18 Å². The zero-order chi connectivity index (χ0) is 10.9. The van der Waals surface area contributed by atoms with Crippen molar-refractivity contribution in [1.82, 2.24) is 0 Å². The van der Waals surface area contributed by atoms with Gasteiger partial charge in [-0.1, -0.05) is 23.2 Å². The summed E-state index contributed by atoms with van der Waals surface area (Å²) in [6.45, 7) is 0. The first-order chi connectivity index (χ1) is 6.36. The Bertz CT molecular complexity index is 352. The van der Waals surface area contributed by atoms with Crippen molar-refractivity contribution in [3.05, 3.63) is 27.7 Å². The number of nitrogens with one attached hydrogen (secondary N) is 1. The molecular weight excluding hydrogens is 240 g/mol. The summed E-state index contributed by atoms with van der Waals surface area (Å²) in [5.41, 5.74) is 1.07. The van der Waals surface area contributed by atoms with Crippen LogP contribution in [0.25, 0.3) is 0 Å². The molecule has 0 unspecified atom stereocenters. The van der Waals surface area contributed by atoms with Crippen molar-refractivity contribution in [1.29, 1.82) is 0 Å². The molecule has 0 saturated heterocycles. The molecule has 7 heteroatoms. The fourth-order valence-electron chi connectivity index (χ4n) is 0.858. The summed E-state index contributed by atoms with van der Waals surface area (Å²) < 4.78 is 36.7. The second kappa shape index (κ2) is 3.84. The number of hydrazine groups is 1. The number of hydrogen-bond acceptors (Lipinski definition) is 2. The van der Waals surface area contributed by atoms with Gasteiger partial charge in [0.25, 0.3) is 0 Å². The van der Waals surface area contributed by atoms with Gasteiger partial charge in [0.05, 0.1) is 21.3 Å². The summed E-state index contributed by atoms with van der Waals surface area (Å²) >= 11 is 11.0.